The molecular weight excluding hydrogens is 336 g/mol. The first-order valence-corrected chi connectivity index (χ1v) is 8.98. The van der Waals surface area contributed by atoms with Crippen LogP contribution in [0.3, 0.4) is 0 Å². The van der Waals surface area contributed by atoms with Gasteiger partial charge in [-0.1, -0.05) is 0 Å². The van der Waals surface area contributed by atoms with Crippen LogP contribution in [0.15, 0.2) is 27.6 Å². The number of halogens is 1. The number of anilines is 1. The number of thioether (sulfide) groups is 1. The molecule has 7 heteroatoms. The fourth-order valence-corrected chi connectivity index (χ4v) is 5.30. The molecule has 0 radical (unpaired) electrons. The Hall–Kier alpha value is -0.240. The molecule has 0 aromatic heterocycles. The molecule has 100 valence electrons. The third kappa shape index (κ3) is 3.40. The van der Waals surface area contributed by atoms with Gasteiger partial charge in [0, 0.05) is 22.0 Å². The fourth-order valence-electron chi connectivity index (χ4n) is 1.82. The van der Waals surface area contributed by atoms with E-state index in [1.54, 1.807) is 12.1 Å². The van der Waals surface area contributed by atoms with Gasteiger partial charge in [0.25, 0.3) is 0 Å². The third-order valence-electron chi connectivity index (χ3n) is 2.77. The lowest BCUT2D eigenvalue weighted by Crippen LogP contribution is -2.30. The van der Waals surface area contributed by atoms with Crippen LogP contribution in [0.1, 0.15) is 12.8 Å². The summed E-state index contributed by atoms with van der Waals surface area (Å²) in [6.07, 6.45) is 2.25. The van der Waals surface area contributed by atoms with Crippen LogP contribution >= 0.6 is 27.7 Å². The second kappa shape index (κ2) is 5.81. The molecule has 0 saturated carbocycles. The Labute approximate surface area is 120 Å². The van der Waals surface area contributed by atoms with Crippen molar-refractivity contribution in [1.82, 2.24) is 4.72 Å². The maximum absolute atomic E-state index is 12.1. The van der Waals surface area contributed by atoms with E-state index in [0.29, 0.717) is 22.0 Å². The van der Waals surface area contributed by atoms with Crippen molar-refractivity contribution < 1.29 is 8.42 Å². The van der Waals surface area contributed by atoms with Gasteiger partial charge < -0.3 is 5.73 Å². The Bertz CT molecular complexity index is 528. The Kier molecular flexibility index (Phi) is 4.58. The molecule has 3 N–H and O–H groups in total. The van der Waals surface area contributed by atoms with E-state index in [9.17, 15) is 8.42 Å². The van der Waals surface area contributed by atoms with E-state index in [1.807, 2.05) is 11.8 Å². The molecule has 1 heterocycles. The van der Waals surface area contributed by atoms with Crippen LogP contribution < -0.4 is 10.5 Å². The molecule has 1 fully saturated rings. The molecule has 1 aliphatic rings. The topological polar surface area (TPSA) is 72.2 Å². The van der Waals surface area contributed by atoms with Crippen LogP contribution in [0.5, 0.6) is 0 Å². The lowest BCUT2D eigenvalue weighted by Gasteiger charge is -2.12. The molecule has 18 heavy (non-hydrogen) atoms. The Morgan fingerprint density at radius 3 is 2.89 bits per heavy atom. The quantitative estimate of drug-likeness (QED) is 0.816. The second-order valence-corrected chi connectivity index (χ2v) is 8.17. The van der Waals surface area contributed by atoms with Crippen LogP contribution in [0.4, 0.5) is 5.69 Å². The summed E-state index contributed by atoms with van der Waals surface area (Å²) in [5.74, 6) is 1.12. The lowest BCUT2D eigenvalue weighted by molar-refractivity contribution is 0.578. The average Bonchev–Trinajstić information content (AvgIpc) is 2.78. The summed E-state index contributed by atoms with van der Waals surface area (Å²) >= 11 is 5.06. The number of nitrogens with one attached hydrogen (secondary N) is 1. The summed E-state index contributed by atoms with van der Waals surface area (Å²) in [5, 5.41) is 0.396. The van der Waals surface area contributed by atoms with Crippen molar-refractivity contribution in [3.8, 4) is 0 Å². The number of nitrogens with two attached hydrogens (primary N) is 1. The number of hydrogen-bond acceptors (Lipinski definition) is 4. The van der Waals surface area contributed by atoms with Crippen molar-refractivity contribution in [2.24, 2.45) is 0 Å². The van der Waals surface area contributed by atoms with Crippen molar-refractivity contribution in [2.45, 2.75) is 23.0 Å². The minimum absolute atomic E-state index is 0.236. The molecule has 1 unspecified atom stereocenters. The van der Waals surface area contributed by atoms with Gasteiger partial charge in [0.2, 0.25) is 10.0 Å². The molecule has 0 spiro atoms. The van der Waals surface area contributed by atoms with Gasteiger partial charge >= 0.3 is 0 Å². The molecular formula is C11H15BrN2O2S2. The van der Waals surface area contributed by atoms with Gasteiger partial charge in [0.05, 0.1) is 4.90 Å². The average molecular weight is 351 g/mol. The van der Waals surface area contributed by atoms with E-state index in [4.69, 9.17) is 5.73 Å². The van der Waals surface area contributed by atoms with Crippen LogP contribution in [-0.2, 0) is 10.0 Å². The molecule has 0 aliphatic carbocycles. The maximum atomic E-state index is 12.1. The highest BCUT2D eigenvalue weighted by Crippen LogP contribution is 2.27. The molecule has 0 amide bonds. The van der Waals surface area contributed by atoms with Gasteiger partial charge in [-0.05, 0) is 52.7 Å². The Morgan fingerprint density at radius 2 is 2.28 bits per heavy atom. The first-order valence-electron chi connectivity index (χ1n) is 5.65. The summed E-state index contributed by atoms with van der Waals surface area (Å²) < 4.78 is 27.4. The number of benzene rings is 1. The Morgan fingerprint density at radius 1 is 1.50 bits per heavy atom. The van der Waals surface area contributed by atoms with Gasteiger partial charge in [0.15, 0.2) is 0 Å². The summed E-state index contributed by atoms with van der Waals surface area (Å²) in [4.78, 5) is 0.236. The minimum atomic E-state index is -3.46. The van der Waals surface area contributed by atoms with Crippen LogP contribution in [-0.4, -0.2) is 26.0 Å². The summed E-state index contributed by atoms with van der Waals surface area (Å²) in [7, 11) is -3.46. The van der Waals surface area contributed by atoms with Crippen LogP contribution in [0.25, 0.3) is 0 Å². The number of hydrogen-bond donors (Lipinski definition) is 2. The first kappa shape index (κ1) is 14.2. The standard InChI is InChI=1S/C11H15BrN2O2S2/c12-10-6-8(13)3-4-11(10)18(15,16)14-7-9-2-1-5-17-9/h3-4,6,9,14H,1-2,5,7,13H2. The smallest absolute Gasteiger partial charge is 0.241 e. The van der Waals surface area contributed by atoms with E-state index in [-0.39, 0.29) is 4.90 Å². The molecule has 1 atom stereocenters. The van der Waals surface area contributed by atoms with Crippen molar-refractivity contribution in [3.63, 3.8) is 0 Å². The molecule has 2 rings (SSSR count). The number of sulfonamides is 1. The van der Waals surface area contributed by atoms with E-state index in [0.717, 1.165) is 12.2 Å². The van der Waals surface area contributed by atoms with Gasteiger partial charge in [-0.2, -0.15) is 11.8 Å². The molecule has 4 nitrogen and oxygen atoms in total. The molecule has 1 saturated heterocycles. The van der Waals surface area contributed by atoms with E-state index >= 15 is 0 Å². The van der Waals surface area contributed by atoms with Crippen molar-refractivity contribution in [2.75, 3.05) is 18.0 Å². The molecule has 1 aliphatic heterocycles. The highest BCUT2D eigenvalue weighted by Gasteiger charge is 2.21. The molecule has 1 aromatic carbocycles. The van der Waals surface area contributed by atoms with E-state index in [2.05, 4.69) is 20.7 Å². The highest BCUT2D eigenvalue weighted by molar-refractivity contribution is 9.10. The zero-order valence-electron chi connectivity index (χ0n) is 9.73. The monoisotopic (exact) mass is 350 g/mol. The van der Waals surface area contributed by atoms with Gasteiger partial charge in [-0.25, -0.2) is 13.1 Å². The highest BCUT2D eigenvalue weighted by atomic mass is 79.9. The fraction of sp³-hybridized carbons (Fsp3) is 0.455. The second-order valence-electron chi connectivity index (χ2n) is 4.18. The normalized spacial score (nSPS) is 20.2. The zero-order chi connectivity index (χ0) is 13.2. The zero-order valence-corrected chi connectivity index (χ0v) is 12.9. The van der Waals surface area contributed by atoms with Crippen LogP contribution in [0.2, 0.25) is 0 Å². The van der Waals surface area contributed by atoms with E-state index < -0.39 is 10.0 Å². The summed E-state index contributed by atoms with van der Waals surface area (Å²) in [6.45, 7) is 0.490. The predicted octanol–water partition coefficient (Wildman–Crippen LogP) is 2.21. The van der Waals surface area contributed by atoms with E-state index in [1.165, 1.54) is 12.5 Å². The van der Waals surface area contributed by atoms with Crippen molar-refractivity contribution in [3.05, 3.63) is 22.7 Å². The predicted molar refractivity (Wildman–Crippen MR) is 79.2 cm³/mol. The SMILES string of the molecule is Nc1ccc(S(=O)(=O)NCC2CCCS2)c(Br)c1. The van der Waals surface area contributed by atoms with Crippen molar-refractivity contribution >= 4 is 43.4 Å². The Balaban J connectivity index is 2.09. The molecule has 0 bridgehead atoms. The minimum Gasteiger partial charge on any atom is -0.399 e. The first-order chi connectivity index (χ1) is 8.49. The maximum Gasteiger partial charge on any atom is 0.241 e. The van der Waals surface area contributed by atoms with Gasteiger partial charge in [0.1, 0.15) is 0 Å². The van der Waals surface area contributed by atoms with Crippen molar-refractivity contribution in [1.29, 1.82) is 0 Å². The lowest BCUT2D eigenvalue weighted by atomic mass is 10.2. The third-order valence-corrected chi connectivity index (χ3v) is 6.57. The van der Waals surface area contributed by atoms with Crippen LogP contribution in [0, 0.1) is 0 Å². The van der Waals surface area contributed by atoms with Gasteiger partial charge in [-0.3, -0.25) is 0 Å². The summed E-state index contributed by atoms with van der Waals surface area (Å²) in [6, 6.07) is 4.70. The number of rotatable bonds is 4. The van der Waals surface area contributed by atoms with Gasteiger partial charge in [-0.15, -0.1) is 0 Å². The largest absolute Gasteiger partial charge is 0.399 e. The summed E-state index contributed by atoms with van der Waals surface area (Å²) in [5.41, 5.74) is 6.13. The number of nitrogen functional groups attached to an aromatic ring is 1. The molecule has 1 aromatic rings.